The van der Waals surface area contributed by atoms with Gasteiger partial charge in [-0.15, -0.1) is 0 Å². The van der Waals surface area contributed by atoms with Crippen molar-refractivity contribution in [2.24, 2.45) is 5.73 Å². The van der Waals surface area contributed by atoms with Crippen molar-refractivity contribution in [3.05, 3.63) is 33.3 Å². The number of nitrogens with zero attached hydrogens (tertiary/aromatic N) is 1. The predicted molar refractivity (Wildman–Crippen MR) is 90.2 cm³/mol. The maximum absolute atomic E-state index is 6.23. The number of rotatable bonds is 4. The highest BCUT2D eigenvalue weighted by Crippen LogP contribution is 2.31. The van der Waals surface area contributed by atoms with E-state index in [1.807, 2.05) is 12.1 Å². The molecular weight excluding hydrogens is 336 g/mol. The van der Waals surface area contributed by atoms with Crippen molar-refractivity contribution in [3.63, 3.8) is 0 Å². The number of nitrogens with two attached hydrogens (primary N) is 1. The van der Waals surface area contributed by atoms with Crippen LogP contribution < -0.4 is 5.73 Å². The molecule has 1 saturated carbocycles. The third-order valence-corrected chi connectivity index (χ3v) is 5.68. The van der Waals surface area contributed by atoms with Crippen molar-refractivity contribution in [3.8, 4) is 0 Å². The van der Waals surface area contributed by atoms with Gasteiger partial charge in [-0.2, -0.15) is 0 Å². The molecule has 1 atom stereocenters. The number of benzene rings is 1. The number of hydrogen-bond acceptors (Lipinski definition) is 2. The Kier molecular flexibility index (Phi) is 6.34. The van der Waals surface area contributed by atoms with Crippen LogP contribution >= 0.6 is 27.5 Å². The van der Waals surface area contributed by atoms with E-state index >= 15 is 0 Å². The maximum atomic E-state index is 6.23. The molecule has 1 fully saturated rings. The second kappa shape index (κ2) is 7.79. The highest BCUT2D eigenvalue weighted by Gasteiger charge is 2.24. The van der Waals surface area contributed by atoms with Crippen molar-refractivity contribution in [1.82, 2.24) is 4.90 Å². The van der Waals surface area contributed by atoms with E-state index in [0.717, 1.165) is 9.50 Å². The minimum absolute atomic E-state index is 0.253. The lowest BCUT2D eigenvalue weighted by Gasteiger charge is -2.34. The van der Waals surface area contributed by atoms with Crippen molar-refractivity contribution in [2.75, 3.05) is 13.6 Å². The molecule has 0 spiro atoms. The first-order valence-corrected chi connectivity index (χ1v) is 8.67. The Hall–Kier alpha value is -0.0900. The summed E-state index contributed by atoms with van der Waals surface area (Å²) in [7, 11) is 2.21. The molecule has 1 aromatic rings. The quantitative estimate of drug-likeness (QED) is 0.786. The zero-order valence-electron chi connectivity index (χ0n) is 12.1. The molecule has 0 bridgehead atoms. The van der Waals surface area contributed by atoms with Crippen molar-refractivity contribution < 1.29 is 0 Å². The predicted octanol–water partition coefficient (Wildman–Crippen LogP) is 4.76. The molecule has 2 rings (SSSR count). The zero-order valence-corrected chi connectivity index (χ0v) is 14.5. The molecule has 0 aromatic heterocycles. The summed E-state index contributed by atoms with van der Waals surface area (Å²) in [5.41, 5.74) is 7.26. The molecule has 0 radical (unpaired) electrons. The standard InChI is InChI=1S/C16H24BrClN2/c1-20(13-6-4-2-3-5-7-13)16(11-19)12-8-9-14(17)15(18)10-12/h8-10,13,16H,2-7,11,19H2,1H3. The molecule has 1 aliphatic carbocycles. The molecule has 1 aliphatic rings. The van der Waals surface area contributed by atoms with Gasteiger partial charge in [0.1, 0.15) is 0 Å². The Morgan fingerprint density at radius 2 is 1.95 bits per heavy atom. The van der Waals surface area contributed by atoms with Gasteiger partial charge < -0.3 is 5.73 Å². The van der Waals surface area contributed by atoms with Crippen molar-refractivity contribution in [2.45, 2.75) is 50.6 Å². The fourth-order valence-electron chi connectivity index (χ4n) is 3.18. The second-order valence-electron chi connectivity index (χ2n) is 5.74. The molecular formula is C16H24BrClN2. The number of likely N-dealkylation sites (N-methyl/N-ethyl adjacent to an activating group) is 1. The zero-order chi connectivity index (χ0) is 14.5. The monoisotopic (exact) mass is 358 g/mol. The summed E-state index contributed by atoms with van der Waals surface area (Å²) >= 11 is 9.67. The summed E-state index contributed by atoms with van der Waals surface area (Å²) in [6.07, 6.45) is 8.01. The van der Waals surface area contributed by atoms with Crippen LogP contribution in [0.1, 0.15) is 50.1 Å². The molecule has 4 heteroatoms. The molecule has 2 N–H and O–H groups in total. The Labute approximate surface area is 135 Å². The smallest absolute Gasteiger partial charge is 0.0551 e. The normalized spacial score (nSPS) is 19.1. The van der Waals surface area contributed by atoms with E-state index in [9.17, 15) is 0 Å². The van der Waals surface area contributed by atoms with Crippen LogP contribution in [0.2, 0.25) is 5.02 Å². The minimum atomic E-state index is 0.253. The topological polar surface area (TPSA) is 29.3 Å². The van der Waals surface area contributed by atoms with Crippen LogP contribution in [0, 0.1) is 0 Å². The van der Waals surface area contributed by atoms with E-state index in [2.05, 4.69) is 33.9 Å². The van der Waals surface area contributed by atoms with Crippen LogP contribution in [0.3, 0.4) is 0 Å². The highest BCUT2D eigenvalue weighted by atomic mass is 79.9. The lowest BCUT2D eigenvalue weighted by molar-refractivity contribution is 0.161. The van der Waals surface area contributed by atoms with Crippen LogP contribution in [0.15, 0.2) is 22.7 Å². The fourth-order valence-corrected chi connectivity index (χ4v) is 3.61. The molecule has 0 saturated heterocycles. The third kappa shape index (κ3) is 3.97. The maximum Gasteiger partial charge on any atom is 0.0551 e. The van der Waals surface area contributed by atoms with Gasteiger partial charge >= 0.3 is 0 Å². The van der Waals surface area contributed by atoms with Crippen LogP contribution in [0.5, 0.6) is 0 Å². The van der Waals surface area contributed by atoms with Gasteiger partial charge in [-0.1, -0.05) is 43.4 Å². The molecule has 0 heterocycles. The fraction of sp³-hybridized carbons (Fsp3) is 0.625. The summed E-state index contributed by atoms with van der Waals surface area (Å²) in [5, 5.41) is 0.759. The molecule has 1 unspecified atom stereocenters. The van der Waals surface area contributed by atoms with Crippen LogP contribution in [0.4, 0.5) is 0 Å². The Bertz CT molecular complexity index is 430. The highest BCUT2D eigenvalue weighted by molar-refractivity contribution is 9.10. The summed E-state index contributed by atoms with van der Waals surface area (Å²) in [4.78, 5) is 2.46. The van der Waals surface area contributed by atoms with Crippen molar-refractivity contribution in [1.29, 1.82) is 0 Å². The van der Waals surface area contributed by atoms with Gasteiger partial charge in [0.15, 0.2) is 0 Å². The SMILES string of the molecule is CN(C1CCCCCC1)C(CN)c1ccc(Br)c(Cl)c1. The molecule has 0 amide bonds. The number of hydrogen-bond donors (Lipinski definition) is 1. The van der Waals surface area contributed by atoms with E-state index < -0.39 is 0 Å². The summed E-state index contributed by atoms with van der Waals surface area (Å²) in [6.45, 7) is 0.630. The summed E-state index contributed by atoms with van der Waals surface area (Å²) < 4.78 is 0.941. The van der Waals surface area contributed by atoms with E-state index in [-0.39, 0.29) is 6.04 Å². The molecule has 112 valence electrons. The Balaban J connectivity index is 2.15. The molecule has 0 aliphatic heterocycles. The second-order valence-corrected chi connectivity index (χ2v) is 7.00. The molecule has 1 aromatic carbocycles. The van der Waals surface area contributed by atoms with E-state index in [1.165, 1.54) is 44.1 Å². The molecule has 20 heavy (non-hydrogen) atoms. The first-order chi connectivity index (χ1) is 9.63. The summed E-state index contributed by atoms with van der Waals surface area (Å²) in [6, 6.07) is 7.08. The van der Waals surface area contributed by atoms with Crippen molar-refractivity contribution >= 4 is 27.5 Å². The van der Waals surface area contributed by atoms with Crippen LogP contribution in [0.25, 0.3) is 0 Å². The van der Waals surface area contributed by atoms with E-state index in [4.69, 9.17) is 17.3 Å². The molecule has 2 nitrogen and oxygen atoms in total. The summed E-state index contributed by atoms with van der Waals surface area (Å²) in [5.74, 6) is 0. The van der Waals surface area contributed by atoms with Gasteiger partial charge in [-0.05, 0) is 53.5 Å². The average Bonchev–Trinajstić information content (AvgIpc) is 2.72. The largest absolute Gasteiger partial charge is 0.329 e. The third-order valence-electron chi connectivity index (χ3n) is 4.44. The number of halogens is 2. The van der Waals surface area contributed by atoms with Crippen LogP contribution in [-0.4, -0.2) is 24.5 Å². The van der Waals surface area contributed by atoms with Gasteiger partial charge in [0, 0.05) is 23.1 Å². The van der Waals surface area contributed by atoms with Gasteiger partial charge in [0.05, 0.1) is 5.02 Å². The van der Waals surface area contributed by atoms with E-state index in [1.54, 1.807) is 0 Å². The van der Waals surface area contributed by atoms with E-state index in [0.29, 0.717) is 12.6 Å². The van der Waals surface area contributed by atoms with Crippen LogP contribution in [-0.2, 0) is 0 Å². The first kappa shape index (κ1) is 16.3. The Morgan fingerprint density at radius 1 is 1.30 bits per heavy atom. The van der Waals surface area contributed by atoms with Gasteiger partial charge in [-0.3, -0.25) is 4.90 Å². The lowest BCUT2D eigenvalue weighted by Crippen LogP contribution is -2.38. The minimum Gasteiger partial charge on any atom is -0.329 e. The average molecular weight is 360 g/mol. The Morgan fingerprint density at radius 3 is 2.50 bits per heavy atom. The lowest BCUT2D eigenvalue weighted by atomic mass is 10.0. The van der Waals surface area contributed by atoms with Gasteiger partial charge in [0.25, 0.3) is 0 Å². The van der Waals surface area contributed by atoms with Gasteiger partial charge in [0.2, 0.25) is 0 Å². The first-order valence-electron chi connectivity index (χ1n) is 7.50. The van der Waals surface area contributed by atoms with Gasteiger partial charge in [-0.25, -0.2) is 0 Å².